The summed E-state index contributed by atoms with van der Waals surface area (Å²) in [6.45, 7) is 1.90. The summed E-state index contributed by atoms with van der Waals surface area (Å²) >= 11 is 5.77. The van der Waals surface area contributed by atoms with Gasteiger partial charge < -0.3 is 15.8 Å². The number of pyridine rings is 1. The quantitative estimate of drug-likeness (QED) is 0.853. The van der Waals surface area contributed by atoms with E-state index in [-0.39, 0.29) is 16.9 Å². The Balaban J connectivity index is 2.21. The van der Waals surface area contributed by atoms with E-state index >= 15 is 0 Å². The largest absolute Gasteiger partial charge is 0.496 e. The predicted octanol–water partition coefficient (Wildman–Crippen LogP) is 2.89. The first-order chi connectivity index (χ1) is 9.49. The number of benzene rings is 1. The minimum Gasteiger partial charge on any atom is -0.496 e. The van der Waals surface area contributed by atoms with Gasteiger partial charge >= 0.3 is 0 Å². The van der Waals surface area contributed by atoms with Crippen molar-refractivity contribution in [2.24, 2.45) is 0 Å². The summed E-state index contributed by atoms with van der Waals surface area (Å²) in [5.74, 6) is 0.665. The van der Waals surface area contributed by atoms with E-state index < -0.39 is 0 Å². The van der Waals surface area contributed by atoms with Crippen molar-refractivity contribution in [3.63, 3.8) is 0 Å². The van der Waals surface area contributed by atoms with Crippen molar-refractivity contribution in [2.75, 3.05) is 18.2 Å². The molecule has 1 aromatic heterocycles. The van der Waals surface area contributed by atoms with E-state index in [1.165, 1.54) is 12.1 Å². The number of ether oxygens (including phenoxy) is 1. The Labute approximate surface area is 121 Å². The normalized spacial score (nSPS) is 10.2. The molecule has 1 aromatic carbocycles. The van der Waals surface area contributed by atoms with Gasteiger partial charge in [-0.15, -0.1) is 0 Å². The van der Waals surface area contributed by atoms with Gasteiger partial charge in [0.1, 0.15) is 16.7 Å². The molecular formula is C14H14ClN3O2. The Hall–Kier alpha value is -2.27. The number of anilines is 2. The molecule has 0 bridgehead atoms. The fourth-order valence-electron chi connectivity index (χ4n) is 1.81. The molecule has 6 heteroatoms. The highest BCUT2D eigenvalue weighted by atomic mass is 35.5. The Morgan fingerprint density at radius 2 is 2.10 bits per heavy atom. The van der Waals surface area contributed by atoms with Crippen LogP contribution < -0.4 is 15.8 Å². The van der Waals surface area contributed by atoms with Crippen molar-refractivity contribution in [1.82, 2.24) is 4.98 Å². The van der Waals surface area contributed by atoms with E-state index in [9.17, 15) is 4.79 Å². The number of carbonyl (C=O) groups is 1. The first-order valence-electron chi connectivity index (χ1n) is 5.88. The summed E-state index contributed by atoms with van der Waals surface area (Å²) < 4.78 is 5.17. The number of nitrogen functional groups attached to an aromatic ring is 1. The number of nitrogens with two attached hydrogens (primary N) is 1. The molecule has 0 aliphatic heterocycles. The van der Waals surface area contributed by atoms with Crippen LogP contribution in [0.25, 0.3) is 0 Å². The van der Waals surface area contributed by atoms with Gasteiger partial charge in [0.25, 0.3) is 5.91 Å². The van der Waals surface area contributed by atoms with E-state index in [4.69, 9.17) is 22.1 Å². The Kier molecular flexibility index (Phi) is 4.10. The first kappa shape index (κ1) is 14.1. The van der Waals surface area contributed by atoms with E-state index in [0.717, 1.165) is 11.3 Å². The molecule has 3 N–H and O–H groups in total. The molecular weight excluding hydrogens is 278 g/mol. The zero-order valence-electron chi connectivity index (χ0n) is 11.1. The van der Waals surface area contributed by atoms with Crippen LogP contribution in [0.4, 0.5) is 11.5 Å². The monoisotopic (exact) mass is 291 g/mol. The standard InChI is InChI=1S/C14H14ClN3O2/c1-8-5-10(3-4-11(8)20-2)17-14(19)9-6-12(15)18-13(16)7-9/h3-7H,1-2H3,(H2,16,18)(H,17,19). The number of amides is 1. The molecule has 5 nitrogen and oxygen atoms in total. The number of halogens is 1. The molecule has 0 radical (unpaired) electrons. The maximum atomic E-state index is 12.1. The Morgan fingerprint density at radius 3 is 2.70 bits per heavy atom. The topological polar surface area (TPSA) is 77.2 Å². The number of nitrogens with zero attached hydrogens (tertiary/aromatic N) is 1. The second kappa shape index (κ2) is 5.79. The second-order valence-corrected chi connectivity index (χ2v) is 4.63. The summed E-state index contributed by atoms with van der Waals surface area (Å²) in [5, 5.41) is 2.95. The highest BCUT2D eigenvalue weighted by Crippen LogP contribution is 2.22. The van der Waals surface area contributed by atoms with Crippen molar-refractivity contribution >= 4 is 29.0 Å². The molecule has 0 aliphatic carbocycles. The van der Waals surface area contributed by atoms with Crippen LogP contribution in [0.1, 0.15) is 15.9 Å². The lowest BCUT2D eigenvalue weighted by molar-refractivity contribution is 0.102. The lowest BCUT2D eigenvalue weighted by Crippen LogP contribution is -2.13. The maximum absolute atomic E-state index is 12.1. The van der Waals surface area contributed by atoms with Gasteiger partial charge in [-0.1, -0.05) is 11.6 Å². The van der Waals surface area contributed by atoms with E-state index in [1.54, 1.807) is 19.2 Å². The van der Waals surface area contributed by atoms with Gasteiger partial charge in [0.2, 0.25) is 0 Å². The smallest absolute Gasteiger partial charge is 0.255 e. The number of hydrogen-bond acceptors (Lipinski definition) is 4. The maximum Gasteiger partial charge on any atom is 0.255 e. The number of nitrogens with one attached hydrogen (secondary N) is 1. The molecule has 0 atom stereocenters. The van der Waals surface area contributed by atoms with E-state index in [1.807, 2.05) is 13.0 Å². The average molecular weight is 292 g/mol. The van der Waals surface area contributed by atoms with Gasteiger partial charge in [-0.2, -0.15) is 0 Å². The van der Waals surface area contributed by atoms with Crippen LogP contribution in [-0.4, -0.2) is 18.0 Å². The highest BCUT2D eigenvalue weighted by molar-refractivity contribution is 6.30. The van der Waals surface area contributed by atoms with Gasteiger partial charge in [0, 0.05) is 11.3 Å². The third kappa shape index (κ3) is 3.19. The van der Waals surface area contributed by atoms with Gasteiger partial charge in [-0.25, -0.2) is 4.98 Å². The molecule has 0 saturated heterocycles. The van der Waals surface area contributed by atoms with Crippen molar-refractivity contribution in [3.8, 4) is 5.75 Å². The highest BCUT2D eigenvalue weighted by Gasteiger charge is 2.09. The van der Waals surface area contributed by atoms with E-state index in [2.05, 4.69) is 10.3 Å². The Morgan fingerprint density at radius 1 is 1.35 bits per heavy atom. The summed E-state index contributed by atoms with van der Waals surface area (Å²) in [7, 11) is 1.60. The molecule has 0 fully saturated rings. The van der Waals surface area contributed by atoms with Gasteiger partial charge in [-0.05, 0) is 42.8 Å². The van der Waals surface area contributed by atoms with Crippen molar-refractivity contribution < 1.29 is 9.53 Å². The molecule has 0 saturated carbocycles. The molecule has 104 valence electrons. The Bertz CT molecular complexity index is 639. The zero-order chi connectivity index (χ0) is 14.7. The SMILES string of the molecule is COc1ccc(NC(=O)c2cc(N)nc(Cl)c2)cc1C. The molecule has 1 heterocycles. The molecule has 0 unspecified atom stereocenters. The van der Waals surface area contributed by atoms with Crippen molar-refractivity contribution in [2.45, 2.75) is 6.92 Å². The molecule has 2 rings (SSSR count). The third-order valence-corrected chi connectivity index (χ3v) is 2.92. The first-order valence-corrected chi connectivity index (χ1v) is 6.26. The van der Waals surface area contributed by atoms with Crippen LogP contribution >= 0.6 is 11.6 Å². The number of methoxy groups -OCH3 is 1. The lowest BCUT2D eigenvalue weighted by Gasteiger charge is -2.09. The van der Waals surface area contributed by atoms with Gasteiger partial charge in [0.05, 0.1) is 7.11 Å². The van der Waals surface area contributed by atoms with Crippen LogP contribution in [0, 0.1) is 6.92 Å². The fourth-order valence-corrected chi connectivity index (χ4v) is 2.02. The van der Waals surface area contributed by atoms with Crippen LogP contribution in [-0.2, 0) is 0 Å². The number of hydrogen-bond donors (Lipinski definition) is 2. The molecule has 0 aliphatic rings. The van der Waals surface area contributed by atoms with Crippen LogP contribution in [0.15, 0.2) is 30.3 Å². The number of rotatable bonds is 3. The predicted molar refractivity (Wildman–Crippen MR) is 79.3 cm³/mol. The second-order valence-electron chi connectivity index (χ2n) is 4.24. The minimum absolute atomic E-state index is 0.182. The summed E-state index contributed by atoms with van der Waals surface area (Å²) in [4.78, 5) is 15.9. The van der Waals surface area contributed by atoms with Crippen molar-refractivity contribution in [1.29, 1.82) is 0 Å². The van der Waals surface area contributed by atoms with Crippen molar-refractivity contribution in [3.05, 3.63) is 46.6 Å². The van der Waals surface area contributed by atoms with Crippen LogP contribution in [0.3, 0.4) is 0 Å². The lowest BCUT2D eigenvalue weighted by atomic mass is 10.2. The third-order valence-electron chi connectivity index (χ3n) is 2.73. The van der Waals surface area contributed by atoms with Crippen LogP contribution in [0.5, 0.6) is 5.75 Å². The number of aryl methyl sites for hydroxylation is 1. The van der Waals surface area contributed by atoms with Crippen LogP contribution in [0.2, 0.25) is 5.15 Å². The average Bonchev–Trinajstić information content (AvgIpc) is 2.37. The molecule has 2 aromatic rings. The fraction of sp³-hybridized carbons (Fsp3) is 0.143. The minimum atomic E-state index is -0.300. The number of carbonyl (C=O) groups excluding carboxylic acids is 1. The summed E-state index contributed by atoms with van der Waals surface area (Å²) in [5.41, 5.74) is 7.51. The summed E-state index contributed by atoms with van der Waals surface area (Å²) in [6.07, 6.45) is 0. The molecule has 0 spiro atoms. The summed E-state index contributed by atoms with van der Waals surface area (Å²) in [6, 6.07) is 8.30. The number of aromatic nitrogens is 1. The van der Waals surface area contributed by atoms with E-state index in [0.29, 0.717) is 11.3 Å². The van der Waals surface area contributed by atoms with Gasteiger partial charge in [-0.3, -0.25) is 4.79 Å². The van der Waals surface area contributed by atoms with Gasteiger partial charge in [0.15, 0.2) is 0 Å². The molecule has 1 amide bonds. The molecule has 20 heavy (non-hydrogen) atoms. The zero-order valence-corrected chi connectivity index (χ0v) is 11.9.